The normalized spacial score (nSPS) is 17.0. The molecule has 0 fully saturated rings. The van der Waals surface area contributed by atoms with Crippen LogP contribution in [-0.2, 0) is 9.59 Å². The molecule has 1 N–H and O–H groups in total. The minimum atomic E-state index is -1.06. The maximum atomic E-state index is 12.2. The average molecular weight is 294 g/mol. The van der Waals surface area contributed by atoms with Crippen LogP contribution in [0.1, 0.15) is 17.2 Å². The van der Waals surface area contributed by atoms with Crippen molar-refractivity contribution in [3.8, 4) is 0 Å². The molecule has 0 spiro atoms. The zero-order valence-corrected chi connectivity index (χ0v) is 11.7. The predicted molar refractivity (Wildman–Crippen MR) is 83.2 cm³/mol. The molecule has 1 atom stereocenters. The van der Waals surface area contributed by atoms with E-state index in [0.717, 1.165) is 11.1 Å². The number of carboxylic acids is 1. The van der Waals surface area contributed by atoms with Crippen LogP contribution in [-0.4, -0.2) is 29.7 Å². The molecule has 0 saturated heterocycles. The molecule has 3 rings (SSSR count). The van der Waals surface area contributed by atoms with Crippen molar-refractivity contribution in [2.24, 2.45) is 4.99 Å². The first-order valence-corrected chi connectivity index (χ1v) is 6.87. The number of anilines is 1. The van der Waals surface area contributed by atoms with E-state index < -0.39 is 11.9 Å². The summed E-state index contributed by atoms with van der Waals surface area (Å²) < 4.78 is 0. The number of carboxylic acid groups (broad SMARTS) is 1. The number of fused-ring (bicyclic) bond motifs is 1. The summed E-state index contributed by atoms with van der Waals surface area (Å²) in [6.45, 7) is -0.386. The molecule has 0 saturated carbocycles. The largest absolute Gasteiger partial charge is 0.480 e. The standard InChI is InChI=1S/C17H14N2O3/c20-15-10-18-17(12-6-2-1-3-7-12)13-8-4-5-9-14(13)19(15)11-16(21)22/h1-10,17H,11H2,(H,21,22). The van der Waals surface area contributed by atoms with Gasteiger partial charge in [-0.3, -0.25) is 19.5 Å². The number of carbonyl (C=O) groups excluding carboxylic acids is 1. The van der Waals surface area contributed by atoms with Gasteiger partial charge in [0, 0.05) is 5.56 Å². The first-order valence-electron chi connectivity index (χ1n) is 6.87. The molecule has 1 unspecified atom stereocenters. The zero-order chi connectivity index (χ0) is 15.5. The summed E-state index contributed by atoms with van der Waals surface area (Å²) in [4.78, 5) is 28.9. The molecule has 1 aliphatic rings. The molecule has 0 radical (unpaired) electrons. The van der Waals surface area contributed by atoms with Gasteiger partial charge in [0.25, 0.3) is 5.91 Å². The first-order chi connectivity index (χ1) is 10.7. The van der Waals surface area contributed by atoms with E-state index >= 15 is 0 Å². The molecule has 5 heteroatoms. The number of amides is 1. The highest BCUT2D eigenvalue weighted by molar-refractivity contribution is 6.33. The predicted octanol–water partition coefficient (Wildman–Crippen LogP) is 2.28. The number of para-hydroxylation sites is 1. The quantitative estimate of drug-likeness (QED) is 0.944. The van der Waals surface area contributed by atoms with Gasteiger partial charge in [0.1, 0.15) is 12.6 Å². The third kappa shape index (κ3) is 2.61. The van der Waals surface area contributed by atoms with Crippen LogP contribution in [0.15, 0.2) is 59.6 Å². The van der Waals surface area contributed by atoms with Crippen LogP contribution in [0.4, 0.5) is 5.69 Å². The van der Waals surface area contributed by atoms with Gasteiger partial charge < -0.3 is 5.11 Å². The van der Waals surface area contributed by atoms with Crippen molar-refractivity contribution in [1.82, 2.24) is 0 Å². The molecular weight excluding hydrogens is 280 g/mol. The van der Waals surface area contributed by atoms with Gasteiger partial charge in [-0.2, -0.15) is 0 Å². The number of rotatable bonds is 3. The maximum Gasteiger partial charge on any atom is 0.323 e. The molecule has 1 amide bonds. The van der Waals surface area contributed by atoms with E-state index in [1.54, 1.807) is 12.1 Å². The Kier molecular flexibility index (Phi) is 3.70. The van der Waals surface area contributed by atoms with Crippen molar-refractivity contribution in [3.63, 3.8) is 0 Å². The molecule has 22 heavy (non-hydrogen) atoms. The van der Waals surface area contributed by atoms with Crippen LogP contribution in [0.2, 0.25) is 0 Å². The summed E-state index contributed by atoms with van der Waals surface area (Å²) >= 11 is 0. The number of aliphatic carboxylic acids is 1. The smallest absolute Gasteiger partial charge is 0.323 e. The summed E-state index contributed by atoms with van der Waals surface area (Å²) in [6, 6.07) is 16.6. The first kappa shape index (κ1) is 14.0. The number of nitrogens with zero attached hydrogens (tertiary/aromatic N) is 2. The highest BCUT2D eigenvalue weighted by Crippen LogP contribution is 2.35. The van der Waals surface area contributed by atoms with E-state index in [9.17, 15) is 9.59 Å². The highest BCUT2D eigenvalue weighted by atomic mass is 16.4. The monoisotopic (exact) mass is 294 g/mol. The van der Waals surface area contributed by atoms with Crippen molar-refractivity contribution >= 4 is 23.8 Å². The zero-order valence-electron chi connectivity index (χ0n) is 11.7. The van der Waals surface area contributed by atoms with Crippen molar-refractivity contribution in [2.45, 2.75) is 6.04 Å². The van der Waals surface area contributed by atoms with Gasteiger partial charge in [-0.25, -0.2) is 0 Å². The topological polar surface area (TPSA) is 70.0 Å². The lowest BCUT2D eigenvalue weighted by Gasteiger charge is -2.22. The van der Waals surface area contributed by atoms with E-state index in [-0.39, 0.29) is 12.6 Å². The second-order valence-corrected chi connectivity index (χ2v) is 4.97. The Bertz CT molecular complexity index is 741. The Labute approximate surface area is 127 Å². The molecule has 1 heterocycles. The van der Waals surface area contributed by atoms with Gasteiger partial charge in [0.2, 0.25) is 0 Å². The van der Waals surface area contributed by atoms with Crippen molar-refractivity contribution in [1.29, 1.82) is 0 Å². The molecule has 110 valence electrons. The van der Waals surface area contributed by atoms with E-state index in [1.807, 2.05) is 42.5 Å². The fourth-order valence-corrected chi connectivity index (χ4v) is 2.57. The Morgan fingerprint density at radius 1 is 1.09 bits per heavy atom. The fraction of sp³-hybridized carbons (Fsp3) is 0.118. The Balaban J connectivity index is 2.13. The SMILES string of the molecule is O=C(O)CN1C(=O)C=NC(c2ccccc2)c2ccccc21. The van der Waals surface area contributed by atoms with Crippen molar-refractivity contribution < 1.29 is 14.7 Å². The lowest BCUT2D eigenvalue weighted by Crippen LogP contribution is -2.36. The van der Waals surface area contributed by atoms with Crippen LogP contribution in [0.3, 0.4) is 0 Å². The second-order valence-electron chi connectivity index (χ2n) is 4.97. The van der Waals surface area contributed by atoms with Crippen molar-refractivity contribution in [2.75, 3.05) is 11.4 Å². The molecule has 0 aliphatic carbocycles. The summed E-state index contributed by atoms with van der Waals surface area (Å²) in [5.74, 6) is -1.48. The number of carbonyl (C=O) groups is 2. The van der Waals surface area contributed by atoms with Gasteiger partial charge in [0.15, 0.2) is 0 Å². The van der Waals surface area contributed by atoms with Gasteiger partial charge in [0.05, 0.1) is 11.9 Å². The number of aliphatic imine (C=N–C) groups is 1. The number of benzene rings is 2. The van der Waals surface area contributed by atoms with Crippen LogP contribution in [0.25, 0.3) is 0 Å². The molecular formula is C17H14N2O3. The summed E-state index contributed by atoms with van der Waals surface area (Å²) in [6.07, 6.45) is 1.21. The van der Waals surface area contributed by atoms with Crippen molar-refractivity contribution in [3.05, 3.63) is 65.7 Å². The Morgan fingerprint density at radius 2 is 1.77 bits per heavy atom. The highest BCUT2D eigenvalue weighted by Gasteiger charge is 2.27. The minimum absolute atomic E-state index is 0.319. The summed E-state index contributed by atoms with van der Waals surface area (Å²) in [7, 11) is 0. The number of hydrogen-bond donors (Lipinski definition) is 1. The minimum Gasteiger partial charge on any atom is -0.480 e. The fourth-order valence-electron chi connectivity index (χ4n) is 2.57. The molecule has 5 nitrogen and oxygen atoms in total. The molecule has 2 aromatic rings. The maximum absolute atomic E-state index is 12.2. The molecule has 1 aliphatic heterocycles. The van der Waals surface area contributed by atoms with Gasteiger partial charge >= 0.3 is 5.97 Å². The third-order valence-electron chi connectivity index (χ3n) is 3.53. The van der Waals surface area contributed by atoms with Crippen LogP contribution in [0, 0.1) is 0 Å². The second kappa shape index (κ2) is 5.81. The van der Waals surface area contributed by atoms with E-state index in [4.69, 9.17) is 5.11 Å². The average Bonchev–Trinajstić information content (AvgIpc) is 2.66. The summed E-state index contributed by atoms with van der Waals surface area (Å²) in [5.41, 5.74) is 2.36. The van der Waals surface area contributed by atoms with Crippen LogP contribution < -0.4 is 4.90 Å². The van der Waals surface area contributed by atoms with Crippen LogP contribution in [0.5, 0.6) is 0 Å². The van der Waals surface area contributed by atoms with E-state index in [0.29, 0.717) is 5.69 Å². The van der Waals surface area contributed by atoms with Crippen LogP contribution >= 0.6 is 0 Å². The Morgan fingerprint density at radius 3 is 2.50 bits per heavy atom. The third-order valence-corrected chi connectivity index (χ3v) is 3.53. The lowest BCUT2D eigenvalue weighted by atomic mass is 9.97. The Hall–Kier alpha value is -2.95. The molecule has 2 aromatic carbocycles. The lowest BCUT2D eigenvalue weighted by molar-refractivity contribution is -0.136. The molecule has 0 bridgehead atoms. The van der Waals surface area contributed by atoms with Gasteiger partial charge in [-0.15, -0.1) is 0 Å². The summed E-state index contributed by atoms with van der Waals surface area (Å²) in [5, 5.41) is 9.05. The molecule has 0 aromatic heterocycles. The van der Waals surface area contributed by atoms with E-state index in [1.165, 1.54) is 11.1 Å². The van der Waals surface area contributed by atoms with Gasteiger partial charge in [-0.05, 0) is 11.6 Å². The van der Waals surface area contributed by atoms with E-state index in [2.05, 4.69) is 4.99 Å². The number of hydrogen-bond acceptors (Lipinski definition) is 3. The van der Waals surface area contributed by atoms with Gasteiger partial charge in [-0.1, -0.05) is 48.5 Å².